The summed E-state index contributed by atoms with van der Waals surface area (Å²) in [7, 11) is 1.60. The zero-order valence-corrected chi connectivity index (χ0v) is 13.6. The molecule has 5 nitrogen and oxygen atoms in total. The molecule has 3 rings (SSSR count). The van der Waals surface area contributed by atoms with Gasteiger partial charge in [0, 0.05) is 31.1 Å². The van der Waals surface area contributed by atoms with Crippen molar-refractivity contribution in [3.8, 4) is 0 Å². The van der Waals surface area contributed by atoms with Crippen molar-refractivity contribution in [1.82, 2.24) is 16.0 Å². The van der Waals surface area contributed by atoms with Gasteiger partial charge in [-0.05, 0) is 29.7 Å². The average Bonchev–Trinajstić information content (AvgIpc) is 3.39. The van der Waals surface area contributed by atoms with Crippen molar-refractivity contribution in [2.75, 3.05) is 7.05 Å². The molecule has 0 aromatic heterocycles. The van der Waals surface area contributed by atoms with E-state index in [1.807, 2.05) is 30.3 Å². The van der Waals surface area contributed by atoms with Crippen LogP contribution < -0.4 is 16.0 Å². The monoisotopic (exact) mass is 323 g/mol. The van der Waals surface area contributed by atoms with Crippen LogP contribution in [0.4, 0.5) is 4.79 Å². The first kappa shape index (κ1) is 16.1. The van der Waals surface area contributed by atoms with Crippen LogP contribution in [0.15, 0.2) is 54.6 Å². The van der Waals surface area contributed by atoms with E-state index in [1.165, 1.54) is 5.56 Å². The van der Waals surface area contributed by atoms with Gasteiger partial charge in [-0.3, -0.25) is 4.79 Å². The quantitative estimate of drug-likeness (QED) is 0.791. The topological polar surface area (TPSA) is 70.2 Å². The Morgan fingerprint density at radius 3 is 2.42 bits per heavy atom. The average molecular weight is 323 g/mol. The molecular formula is C19H21N3O2. The van der Waals surface area contributed by atoms with Gasteiger partial charge in [-0.15, -0.1) is 0 Å². The number of hydrogen-bond acceptors (Lipinski definition) is 2. The largest absolute Gasteiger partial charge is 0.355 e. The van der Waals surface area contributed by atoms with Crippen LogP contribution in [0.25, 0.3) is 0 Å². The summed E-state index contributed by atoms with van der Waals surface area (Å²) in [5.41, 5.74) is 2.83. The molecule has 124 valence electrons. The minimum absolute atomic E-state index is 0.118. The highest BCUT2D eigenvalue weighted by Gasteiger charge is 2.39. The highest BCUT2D eigenvalue weighted by atomic mass is 16.2. The van der Waals surface area contributed by atoms with Crippen LogP contribution >= 0.6 is 0 Å². The second-order valence-electron chi connectivity index (χ2n) is 5.96. The van der Waals surface area contributed by atoms with Crippen LogP contribution in [0, 0.1) is 0 Å². The third-order valence-electron chi connectivity index (χ3n) is 4.23. The summed E-state index contributed by atoms with van der Waals surface area (Å²) in [6.07, 6.45) is 0.984. The maximum absolute atomic E-state index is 12.0. The lowest BCUT2D eigenvalue weighted by atomic mass is 10.1. The number of amides is 3. The second kappa shape index (κ2) is 7.17. The highest BCUT2D eigenvalue weighted by Crippen LogP contribution is 2.40. The van der Waals surface area contributed by atoms with Crippen LogP contribution in [0.5, 0.6) is 0 Å². The molecule has 0 saturated heterocycles. The maximum Gasteiger partial charge on any atom is 0.315 e. The Morgan fingerprint density at radius 1 is 1.04 bits per heavy atom. The molecule has 0 spiro atoms. The molecule has 0 bridgehead atoms. The Bertz CT molecular complexity index is 713. The van der Waals surface area contributed by atoms with Crippen molar-refractivity contribution < 1.29 is 9.59 Å². The Kier molecular flexibility index (Phi) is 4.79. The number of hydrogen-bond donors (Lipinski definition) is 3. The summed E-state index contributed by atoms with van der Waals surface area (Å²) in [5.74, 6) is 0.303. The second-order valence-corrected chi connectivity index (χ2v) is 5.96. The molecule has 5 heteroatoms. The molecule has 2 aromatic carbocycles. The highest BCUT2D eigenvalue weighted by molar-refractivity contribution is 5.93. The van der Waals surface area contributed by atoms with Crippen molar-refractivity contribution >= 4 is 11.9 Å². The lowest BCUT2D eigenvalue weighted by Gasteiger charge is -2.08. The van der Waals surface area contributed by atoms with Crippen LogP contribution in [0.2, 0.25) is 0 Å². The van der Waals surface area contributed by atoms with Gasteiger partial charge < -0.3 is 16.0 Å². The lowest BCUT2D eigenvalue weighted by molar-refractivity contribution is 0.0963. The summed E-state index contributed by atoms with van der Waals surface area (Å²) >= 11 is 0. The molecule has 2 aromatic rings. The number of rotatable bonds is 5. The van der Waals surface area contributed by atoms with Gasteiger partial charge in [0.25, 0.3) is 5.91 Å². The molecule has 1 aliphatic carbocycles. The Morgan fingerprint density at radius 2 is 1.75 bits per heavy atom. The fourth-order valence-electron chi connectivity index (χ4n) is 2.74. The van der Waals surface area contributed by atoms with Crippen LogP contribution in [-0.4, -0.2) is 25.0 Å². The van der Waals surface area contributed by atoms with E-state index in [2.05, 4.69) is 28.1 Å². The van der Waals surface area contributed by atoms with Crippen molar-refractivity contribution in [2.45, 2.75) is 24.9 Å². The van der Waals surface area contributed by atoms with Gasteiger partial charge in [-0.2, -0.15) is 0 Å². The van der Waals surface area contributed by atoms with Gasteiger partial charge in [0.2, 0.25) is 0 Å². The fourth-order valence-corrected chi connectivity index (χ4v) is 2.74. The lowest BCUT2D eigenvalue weighted by Crippen LogP contribution is -2.36. The summed E-state index contributed by atoms with van der Waals surface area (Å²) in [6, 6.07) is 17.5. The van der Waals surface area contributed by atoms with Gasteiger partial charge in [-0.1, -0.05) is 42.5 Å². The van der Waals surface area contributed by atoms with E-state index in [-0.39, 0.29) is 18.0 Å². The fraction of sp³-hybridized carbons (Fsp3) is 0.263. The predicted molar refractivity (Wildman–Crippen MR) is 92.8 cm³/mol. The molecule has 3 N–H and O–H groups in total. The third kappa shape index (κ3) is 3.93. The SMILES string of the molecule is CNC(=O)c1ccc(CNC(=O)NC2CC2c2ccccc2)cc1. The van der Waals surface area contributed by atoms with Gasteiger partial charge in [0.15, 0.2) is 0 Å². The molecule has 1 fully saturated rings. The predicted octanol–water partition coefficient (Wildman–Crippen LogP) is 2.40. The van der Waals surface area contributed by atoms with E-state index in [1.54, 1.807) is 19.2 Å². The summed E-state index contributed by atoms with van der Waals surface area (Å²) in [4.78, 5) is 23.5. The number of nitrogens with one attached hydrogen (secondary N) is 3. The standard InChI is InChI=1S/C19H21N3O2/c1-20-18(23)15-9-7-13(8-10-15)12-21-19(24)22-17-11-16(17)14-5-3-2-4-6-14/h2-10,16-17H,11-12H2,1H3,(H,20,23)(H2,21,22,24). The van der Waals surface area contributed by atoms with E-state index in [0.717, 1.165) is 12.0 Å². The van der Waals surface area contributed by atoms with Crippen LogP contribution in [0.1, 0.15) is 33.8 Å². The van der Waals surface area contributed by atoms with Crippen molar-refractivity contribution in [2.24, 2.45) is 0 Å². The zero-order valence-electron chi connectivity index (χ0n) is 13.6. The number of carbonyl (C=O) groups excluding carboxylic acids is 2. The molecule has 24 heavy (non-hydrogen) atoms. The first-order valence-electron chi connectivity index (χ1n) is 8.07. The number of carbonyl (C=O) groups is 2. The molecule has 0 heterocycles. The summed E-state index contributed by atoms with van der Waals surface area (Å²) in [5, 5.41) is 8.43. The maximum atomic E-state index is 12.0. The Hall–Kier alpha value is -2.82. The first-order chi connectivity index (χ1) is 11.7. The molecule has 0 radical (unpaired) electrons. The molecule has 1 saturated carbocycles. The van der Waals surface area contributed by atoms with Gasteiger partial charge >= 0.3 is 6.03 Å². The molecule has 1 aliphatic rings. The molecular weight excluding hydrogens is 302 g/mol. The van der Waals surface area contributed by atoms with Gasteiger partial charge in [0.1, 0.15) is 0 Å². The van der Waals surface area contributed by atoms with Crippen molar-refractivity contribution in [3.63, 3.8) is 0 Å². The Labute approximate surface area is 141 Å². The van der Waals surface area contributed by atoms with Crippen molar-refractivity contribution in [3.05, 3.63) is 71.3 Å². The smallest absolute Gasteiger partial charge is 0.315 e. The number of urea groups is 1. The van der Waals surface area contributed by atoms with E-state index in [9.17, 15) is 9.59 Å². The zero-order chi connectivity index (χ0) is 16.9. The van der Waals surface area contributed by atoms with Crippen LogP contribution in [-0.2, 0) is 6.54 Å². The summed E-state index contributed by atoms with van der Waals surface area (Å²) in [6.45, 7) is 0.433. The third-order valence-corrected chi connectivity index (χ3v) is 4.23. The van der Waals surface area contributed by atoms with E-state index < -0.39 is 0 Å². The molecule has 3 amide bonds. The molecule has 2 atom stereocenters. The van der Waals surface area contributed by atoms with Gasteiger partial charge in [-0.25, -0.2) is 4.79 Å². The number of benzene rings is 2. The van der Waals surface area contributed by atoms with Crippen LogP contribution in [0.3, 0.4) is 0 Å². The minimum Gasteiger partial charge on any atom is -0.355 e. The first-order valence-corrected chi connectivity index (χ1v) is 8.07. The normalized spacial score (nSPS) is 18.5. The Balaban J connectivity index is 1.44. The van der Waals surface area contributed by atoms with E-state index >= 15 is 0 Å². The molecule has 0 aliphatic heterocycles. The molecule has 2 unspecified atom stereocenters. The minimum atomic E-state index is -0.159. The van der Waals surface area contributed by atoms with E-state index in [0.29, 0.717) is 18.0 Å². The van der Waals surface area contributed by atoms with Crippen molar-refractivity contribution in [1.29, 1.82) is 0 Å². The van der Waals surface area contributed by atoms with Gasteiger partial charge in [0.05, 0.1) is 0 Å². The summed E-state index contributed by atoms with van der Waals surface area (Å²) < 4.78 is 0. The van der Waals surface area contributed by atoms with E-state index in [4.69, 9.17) is 0 Å².